The van der Waals surface area contributed by atoms with E-state index in [1.165, 1.54) is 5.69 Å². The molecular weight excluding hydrogens is 262 g/mol. The van der Waals surface area contributed by atoms with E-state index < -0.39 is 0 Å². The summed E-state index contributed by atoms with van der Waals surface area (Å²) < 4.78 is 5.43. The molecule has 0 saturated carbocycles. The number of hydrogen-bond donors (Lipinski definition) is 1. The minimum atomic E-state index is 0.396. The van der Waals surface area contributed by atoms with Gasteiger partial charge in [0.1, 0.15) is 0 Å². The minimum Gasteiger partial charge on any atom is -0.398 e. The summed E-state index contributed by atoms with van der Waals surface area (Å²) in [5.74, 6) is 0. The van der Waals surface area contributed by atoms with E-state index in [1.807, 2.05) is 24.4 Å². The van der Waals surface area contributed by atoms with Crippen molar-refractivity contribution in [3.8, 4) is 11.1 Å². The van der Waals surface area contributed by atoms with E-state index in [4.69, 9.17) is 10.5 Å². The average molecular weight is 283 g/mol. The largest absolute Gasteiger partial charge is 0.398 e. The zero-order valence-corrected chi connectivity index (χ0v) is 12.3. The molecule has 0 unspecified atom stereocenters. The van der Waals surface area contributed by atoms with Crippen LogP contribution in [-0.2, 0) is 4.74 Å². The molecule has 0 radical (unpaired) electrons. The van der Waals surface area contributed by atoms with E-state index in [1.54, 1.807) is 13.3 Å². The number of benzene rings is 1. The third-order valence-electron chi connectivity index (χ3n) is 4.15. The van der Waals surface area contributed by atoms with Gasteiger partial charge in [0, 0.05) is 55.1 Å². The van der Waals surface area contributed by atoms with Gasteiger partial charge in [-0.2, -0.15) is 0 Å². The summed E-state index contributed by atoms with van der Waals surface area (Å²) in [7, 11) is 1.80. The van der Waals surface area contributed by atoms with Crippen LogP contribution < -0.4 is 10.6 Å². The second-order valence-corrected chi connectivity index (χ2v) is 5.44. The van der Waals surface area contributed by atoms with Crippen molar-refractivity contribution in [3.05, 3.63) is 42.7 Å². The maximum atomic E-state index is 6.13. The number of hydrogen-bond acceptors (Lipinski definition) is 4. The van der Waals surface area contributed by atoms with E-state index in [0.29, 0.717) is 6.10 Å². The molecule has 4 heteroatoms. The lowest BCUT2D eigenvalue weighted by atomic mass is 10.0. The summed E-state index contributed by atoms with van der Waals surface area (Å²) in [6, 6.07) is 10.2. The quantitative estimate of drug-likeness (QED) is 0.880. The number of ether oxygens (including phenoxy) is 1. The predicted molar refractivity (Wildman–Crippen MR) is 86.3 cm³/mol. The van der Waals surface area contributed by atoms with Gasteiger partial charge in [0.25, 0.3) is 0 Å². The van der Waals surface area contributed by atoms with Gasteiger partial charge in [-0.3, -0.25) is 4.98 Å². The van der Waals surface area contributed by atoms with Gasteiger partial charge >= 0.3 is 0 Å². The maximum Gasteiger partial charge on any atom is 0.0605 e. The fourth-order valence-electron chi connectivity index (χ4n) is 2.86. The Kier molecular flexibility index (Phi) is 4.06. The van der Waals surface area contributed by atoms with Gasteiger partial charge in [0.05, 0.1) is 6.10 Å². The molecular formula is C17H21N3O. The summed E-state index contributed by atoms with van der Waals surface area (Å²) in [6.07, 6.45) is 6.17. The van der Waals surface area contributed by atoms with Crippen LogP contribution in [0.4, 0.5) is 11.4 Å². The second kappa shape index (κ2) is 6.14. The van der Waals surface area contributed by atoms with Gasteiger partial charge < -0.3 is 15.4 Å². The lowest BCUT2D eigenvalue weighted by Gasteiger charge is -2.33. The number of methoxy groups -OCH3 is 1. The first-order chi connectivity index (χ1) is 10.3. The van der Waals surface area contributed by atoms with Gasteiger partial charge in [0.2, 0.25) is 0 Å². The molecule has 4 nitrogen and oxygen atoms in total. The first-order valence-electron chi connectivity index (χ1n) is 7.35. The topological polar surface area (TPSA) is 51.4 Å². The molecule has 1 aliphatic rings. The number of rotatable bonds is 3. The van der Waals surface area contributed by atoms with Crippen molar-refractivity contribution in [3.63, 3.8) is 0 Å². The molecule has 0 amide bonds. The molecule has 1 aliphatic heterocycles. The van der Waals surface area contributed by atoms with Crippen LogP contribution >= 0.6 is 0 Å². The number of pyridine rings is 1. The predicted octanol–water partition coefficient (Wildman–Crippen LogP) is 2.95. The summed E-state index contributed by atoms with van der Waals surface area (Å²) in [5.41, 5.74) is 10.2. The normalized spacial score (nSPS) is 16.1. The Balaban J connectivity index is 1.85. The Labute approximate surface area is 125 Å². The average Bonchev–Trinajstić information content (AvgIpc) is 2.56. The van der Waals surface area contributed by atoms with E-state index in [9.17, 15) is 0 Å². The zero-order valence-electron chi connectivity index (χ0n) is 12.3. The number of piperidine rings is 1. The Morgan fingerprint density at radius 3 is 2.71 bits per heavy atom. The Bertz CT molecular complexity index is 592. The van der Waals surface area contributed by atoms with Gasteiger partial charge in [-0.25, -0.2) is 0 Å². The number of anilines is 2. The first-order valence-corrected chi connectivity index (χ1v) is 7.35. The molecule has 21 heavy (non-hydrogen) atoms. The van der Waals surface area contributed by atoms with Crippen LogP contribution in [0.15, 0.2) is 42.7 Å². The van der Waals surface area contributed by atoms with E-state index in [0.717, 1.165) is 42.7 Å². The lowest BCUT2D eigenvalue weighted by Crippen LogP contribution is -2.36. The molecule has 1 saturated heterocycles. The molecule has 2 aromatic rings. The highest BCUT2D eigenvalue weighted by Gasteiger charge is 2.19. The minimum absolute atomic E-state index is 0.396. The standard InChI is InChI=1S/C17H21N3O/c1-21-15-6-9-20(10-7-15)14-4-5-17(18)16(11-14)13-3-2-8-19-12-13/h2-5,8,11-12,15H,6-7,9-10,18H2,1H3. The maximum absolute atomic E-state index is 6.13. The van der Waals surface area contributed by atoms with Crippen molar-refractivity contribution in [1.29, 1.82) is 0 Å². The van der Waals surface area contributed by atoms with Crippen LogP contribution in [0.25, 0.3) is 11.1 Å². The molecule has 0 spiro atoms. The Morgan fingerprint density at radius 2 is 2.05 bits per heavy atom. The van der Waals surface area contributed by atoms with Crippen molar-refractivity contribution in [1.82, 2.24) is 4.98 Å². The summed E-state index contributed by atoms with van der Waals surface area (Å²) >= 11 is 0. The van der Waals surface area contributed by atoms with E-state index >= 15 is 0 Å². The number of nitrogens with zero attached hydrogens (tertiary/aromatic N) is 2. The Morgan fingerprint density at radius 1 is 1.24 bits per heavy atom. The fraction of sp³-hybridized carbons (Fsp3) is 0.353. The van der Waals surface area contributed by atoms with Crippen LogP contribution in [0.2, 0.25) is 0 Å². The number of nitrogens with two attached hydrogens (primary N) is 1. The van der Waals surface area contributed by atoms with Gasteiger partial charge in [-0.05, 0) is 37.1 Å². The Hall–Kier alpha value is -2.07. The number of aromatic nitrogens is 1. The summed E-state index contributed by atoms with van der Waals surface area (Å²) in [6.45, 7) is 2.05. The van der Waals surface area contributed by atoms with Crippen molar-refractivity contribution >= 4 is 11.4 Å². The fourth-order valence-corrected chi connectivity index (χ4v) is 2.86. The second-order valence-electron chi connectivity index (χ2n) is 5.44. The molecule has 1 fully saturated rings. The highest BCUT2D eigenvalue weighted by atomic mass is 16.5. The molecule has 3 rings (SSSR count). The molecule has 2 N–H and O–H groups in total. The van der Waals surface area contributed by atoms with Crippen LogP contribution in [0, 0.1) is 0 Å². The van der Waals surface area contributed by atoms with Crippen molar-refractivity contribution < 1.29 is 4.74 Å². The van der Waals surface area contributed by atoms with Crippen molar-refractivity contribution in [2.75, 3.05) is 30.8 Å². The molecule has 110 valence electrons. The summed E-state index contributed by atoms with van der Waals surface area (Å²) in [4.78, 5) is 6.58. The number of nitrogen functional groups attached to an aromatic ring is 1. The van der Waals surface area contributed by atoms with Crippen LogP contribution in [0.5, 0.6) is 0 Å². The first kappa shape index (κ1) is 13.9. The molecule has 0 bridgehead atoms. The van der Waals surface area contributed by atoms with Crippen molar-refractivity contribution in [2.24, 2.45) is 0 Å². The highest BCUT2D eigenvalue weighted by Crippen LogP contribution is 2.31. The highest BCUT2D eigenvalue weighted by molar-refractivity contribution is 5.79. The van der Waals surface area contributed by atoms with Crippen LogP contribution in [-0.4, -0.2) is 31.3 Å². The molecule has 1 aromatic heterocycles. The lowest BCUT2D eigenvalue weighted by molar-refractivity contribution is 0.0819. The third-order valence-corrected chi connectivity index (χ3v) is 4.15. The molecule has 0 atom stereocenters. The van der Waals surface area contributed by atoms with Gasteiger partial charge in [-0.15, -0.1) is 0 Å². The molecule has 1 aromatic carbocycles. The van der Waals surface area contributed by atoms with Crippen LogP contribution in [0.1, 0.15) is 12.8 Å². The third kappa shape index (κ3) is 3.00. The SMILES string of the molecule is COC1CCN(c2ccc(N)c(-c3cccnc3)c2)CC1. The molecule has 2 heterocycles. The van der Waals surface area contributed by atoms with Gasteiger partial charge in [-0.1, -0.05) is 6.07 Å². The smallest absolute Gasteiger partial charge is 0.0605 e. The summed E-state index contributed by atoms with van der Waals surface area (Å²) in [5, 5.41) is 0. The monoisotopic (exact) mass is 283 g/mol. The molecule has 0 aliphatic carbocycles. The van der Waals surface area contributed by atoms with E-state index in [-0.39, 0.29) is 0 Å². The van der Waals surface area contributed by atoms with Crippen molar-refractivity contribution in [2.45, 2.75) is 18.9 Å². The van der Waals surface area contributed by atoms with Crippen LogP contribution in [0.3, 0.4) is 0 Å². The zero-order chi connectivity index (χ0) is 14.7. The van der Waals surface area contributed by atoms with Gasteiger partial charge in [0.15, 0.2) is 0 Å². The van der Waals surface area contributed by atoms with E-state index in [2.05, 4.69) is 22.0 Å².